The molecule has 1 fully saturated rings. The summed E-state index contributed by atoms with van der Waals surface area (Å²) in [6.07, 6.45) is 0.825. The van der Waals surface area contributed by atoms with Crippen LogP contribution in [0.25, 0.3) is 0 Å². The minimum absolute atomic E-state index is 0.00957. The zero-order valence-corrected chi connectivity index (χ0v) is 19.5. The van der Waals surface area contributed by atoms with E-state index in [1.807, 2.05) is 6.92 Å². The normalized spacial score (nSPS) is 26.8. The minimum Gasteiger partial charge on any atom is -0.503 e. The van der Waals surface area contributed by atoms with Gasteiger partial charge in [-0.05, 0) is 32.8 Å². The minimum atomic E-state index is -1.28. The molecule has 0 radical (unpaired) electrons. The maximum Gasteiger partial charge on any atom is 0.274 e. The third-order valence-corrected chi connectivity index (χ3v) is 7.35. The molecule has 1 aromatic heterocycles. The number of nitrogens with one attached hydrogen (secondary N) is 1. The molecule has 190 valence electrons. The number of fused-ring (bicyclic) bond motifs is 5. The van der Waals surface area contributed by atoms with Crippen LogP contribution in [-0.4, -0.2) is 61.5 Å². The molecule has 1 aromatic carbocycles. The van der Waals surface area contributed by atoms with Crippen LogP contribution in [0, 0.1) is 11.6 Å². The van der Waals surface area contributed by atoms with Crippen LogP contribution in [0.3, 0.4) is 0 Å². The summed E-state index contributed by atoms with van der Waals surface area (Å²) in [5, 5.41) is 28.1. The van der Waals surface area contributed by atoms with Crippen molar-refractivity contribution < 1.29 is 33.4 Å². The average molecular weight is 502 g/mol. The van der Waals surface area contributed by atoms with Gasteiger partial charge in [-0.1, -0.05) is 11.2 Å². The summed E-state index contributed by atoms with van der Waals surface area (Å²) >= 11 is 0. The third kappa shape index (κ3) is 3.47. The molecule has 1 saturated heterocycles. The fourth-order valence-electron chi connectivity index (χ4n) is 5.23. The van der Waals surface area contributed by atoms with Crippen LogP contribution in [0.4, 0.5) is 8.78 Å². The lowest BCUT2D eigenvalue weighted by molar-refractivity contribution is -0.114. The van der Waals surface area contributed by atoms with Crippen LogP contribution in [0.15, 0.2) is 34.3 Å². The number of aromatic hydroxyl groups is 1. The number of hydrogen-bond acceptors (Lipinski definition) is 7. The highest BCUT2D eigenvalue weighted by Gasteiger charge is 2.58. The largest absolute Gasteiger partial charge is 0.503 e. The number of aromatic nitrogens is 1. The molecule has 1 unspecified atom stereocenters. The highest BCUT2D eigenvalue weighted by Crippen LogP contribution is 2.46. The molecule has 36 heavy (non-hydrogen) atoms. The first kappa shape index (κ1) is 23.9. The summed E-state index contributed by atoms with van der Waals surface area (Å²) in [5.74, 6) is -4.08. The quantitative estimate of drug-likeness (QED) is 0.582. The summed E-state index contributed by atoms with van der Waals surface area (Å²) < 4.78 is 28.4. The van der Waals surface area contributed by atoms with Crippen LogP contribution in [0.2, 0.25) is 0 Å². The highest BCUT2D eigenvalue weighted by atomic mass is 19.1. The molecule has 3 aliphatic rings. The molecular weight excluding hydrogens is 478 g/mol. The van der Waals surface area contributed by atoms with Crippen molar-refractivity contribution in [3.63, 3.8) is 0 Å². The lowest BCUT2D eigenvalue weighted by Crippen LogP contribution is -2.56. The van der Waals surface area contributed by atoms with E-state index in [4.69, 9.17) is 4.84 Å². The van der Waals surface area contributed by atoms with Crippen molar-refractivity contribution in [3.8, 4) is 5.75 Å². The Labute approximate surface area is 203 Å². The van der Waals surface area contributed by atoms with E-state index in [0.29, 0.717) is 24.6 Å². The average Bonchev–Trinajstić information content (AvgIpc) is 3.05. The van der Waals surface area contributed by atoms with Crippen molar-refractivity contribution in [2.24, 2.45) is 5.16 Å². The van der Waals surface area contributed by atoms with Gasteiger partial charge in [-0.3, -0.25) is 14.4 Å². The number of oxime groups is 1. The van der Waals surface area contributed by atoms with E-state index in [1.54, 1.807) is 6.92 Å². The first-order valence-corrected chi connectivity index (χ1v) is 11.5. The molecule has 2 bridgehead atoms. The van der Waals surface area contributed by atoms with Crippen LogP contribution < -0.4 is 10.7 Å². The van der Waals surface area contributed by atoms with E-state index >= 15 is 0 Å². The Balaban J connectivity index is 1.57. The van der Waals surface area contributed by atoms with Crippen molar-refractivity contribution >= 4 is 17.5 Å². The second-order valence-electron chi connectivity index (χ2n) is 9.44. The lowest BCUT2D eigenvalue weighted by atomic mass is 9.82. The van der Waals surface area contributed by atoms with Crippen LogP contribution >= 0.6 is 0 Å². The molecule has 12 heteroatoms. The predicted molar refractivity (Wildman–Crippen MR) is 122 cm³/mol. The van der Waals surface area contributed by atoms with E-state index in [0.717, 1.165) is 18.3 Å². The molecule has 0 saturated carbocycles. The number of amides is 2. The Morgan fingerprint density at radius 1 is 1.33 bits per heavy atom. The lowest BCUT2D eigenvalue weighted by Gasteiger charge is -2.43. The highest BCUT2D eigenvalue weighted by molar-refractivity contribution is 5.99. The molecular formula is C24H24F2N4O6. The number of benzene rings is 1. The summed E-state index contributed by atoms with van der Waals surface area (Å²) in [5.41, 5.74) is -2.82. The van der Waals surface area contributed by atoms with Crippen LogP contribution in [-0.2, 0) is 11.4 Å². The Morgan fingerprint density at radius 2 is 2.08 bits per heavy atom. The number of halogens is 2. The van der Waals surface area contributed by atoms with Gasteiger partial charge in [0.25, 0.3) is 11.8 Å². The fourth-order valence-corrected chi connectivity index (χ4v) is 5.23. The second kappa shape index (κ2) is 8.40. The van der Waals surface area contributed by atoms with E-state index < -0.39 is 57.9 Å². The molecule has 2 amide bonds. The van der Waals surface area contributed by atoms with Gasteiger partial charge in [-0.2, -0.15) is 0 Å². The maximum atomic E-state index is 14.0. The smallest absolute Gasteiger partial charge is 0.274 e. The molecule has 3 aliphatic heterocycles. The Kier molecular flexibility index (Phi) is 5.58. The second-order valence-corrected chi connectivity index (χ2v) is 9.44. The van der Waals surface area contributed by atoms with E-state index in [-0.39, 0.29) is 30.4 Å². The van der Waals surface area contributed by atoms with Gasteiger partial charge >= 0.3 is 0 Å². The molecule has 0 aliphatic carbocycles. The van der Waals surface area contributed by atoms with Gasteiger partial charge in [0.15, 0.2) is 17.0 Å². The number of aliphatic hydroxyl groups is 1. The molecule has 10 nitrogen and oxygen atoms in total. The van der Waals surface area contributed by atoms with Gasteiger partial charge in [0.1, 0.15) is 23.3 Å². The number of nitrogens with zero attached hydrogens (tertiary/aromatic N) is 3. The molecule has 4 heterocycles. The van der Waals surface area contributed by atoms with Crippen LogP contribution in [0.5, 0.6) is 5.75 Å². The van der Waals surface area contributed by atoms with Crippen molar-refractivity contribution in [3.05, 3.63) is 63.1 Å². The Bertz CT molecular complexity index is 1380. The number of aliphatic hydroxyl groups excluding tert-OH is 1. The first-order chi connectivity index (χ1) is 17.0. The molecule has 2 aromatic rings. The maximum absolute atomic E-state index is 14.0. The van der Waals surface area contributed by atoms with Gasteiger partial charge in [0, 0.05) is 37.0 Å². The third-order valence-electron chi connectivity index (χ3n) is 7.35. The van der Waals surface area contributed by atoms with Crippen molar-refractivity contribution in [1.29, 1.82) is 0 Å². The number of pyridine rings is 1. The van der Waals surface area contributed by atoms with Gasteiger partial charge < -0.3 is 29.8 Å². The number of rotatable bonds is 3. The Hall–Kier alpha value is -3.80. The number of hydrogen-bond donors (Lipinski definition) is 3. The molecule has 4 atom stereocenters. The molecule has 1 spiro atoms. The molecule has 5 rings (SSSR count). The van der Waals surface area contributed by atoms with E-state index in [2.05, 4.69) is 10.5 Å². The summed E-state index contributed by atoms with van der Waals surface area (Å²) in [6, 6.07) is 1.81. The van der Waals surface area contributed by atoms with Gasteiger partial charge in [-0.25, -0.2) is 8.78 Å². The SMILES string of the molecule is CC1=NO[C@]2(CC[C@H](C)N3C[C@H]2n2cc(C(=O)NCc4ccc(F)cc4F)c(=O)c(O)c2C3=O)C1O. The van der Waals surface area contributed by atoms with E-state index in [1.165, 1.54) is 9.47 Å². The van der Waals surface area contributed by atoms with Crippen LogP contribution in [0.1, 0.15) is 59.1 Å². The monoisotopic (exact) mass is 502 g/mol. The van der Waals surface area contributed by atoms with Gasteiger partial charge in [-0.15, -0.1) is 0 Å². The first-order valence-electron chi connectivity index (χ1n) is 11.5. The molecule has 3 N–H and O–H groups in total. The topological polar surface area (TPSA) is 133 Å². The zero-order chi connectivity index (χ0) is 25.9. The zero-order valence-electron chi connectivity index (χ0n) is 19.5. The summed E-state index contributed by atoms with van der Waals surface area (Å²) in [4.78, 5) is 46.4. The number of carbonyl (C=O) groups is 2. The van der Waals surface area contributed by atoms with Crippen molar-refractivity contribution in [2.45, 2.75) is 57.0 Å². The van der Waals surface area contributed by atoms with Crippen molar-refractivity contribution in [1.82, 2.24) is 14.8 Å². The predicted octanol–water partition coefficient (Wildman–Crippen LogP) is 1.45. The Morgan fingerprint density at radius 3 is 2.75 bits per heavy atom. The van der Waals surface area contributed by atoms with E-state index in [9.17, 15) is 33.4 Å². The van der Waals surface area contributed by atoms with Gasteiger partial charge in [0.05, 0.1) is 11.8 Å². The standard InChI is InChI=1S/C24H24F2N4O6/c1-11-5-6-24(21(33)12(2)28-36-24)17-10-29(11)23(35)18-20(32)19(31)15(9-30(17)18)22(34)27-8-13-3-4-14(25)7-16(13)26/h3-4,7,9,11,17,21,32-33H,5-6,8,10H2,1-2H3,(H,27,34)/t11-,17+,21?,24-/m0/s1. The fraction of sp³-hybridized carbons (Fsp3) is 0.417. The summed E-state index contributed by atoms with van der Waals surface area (Å²) in [6.45, 7) is 3.18. The summed E-state index contributed by atoms with van der Waals surface area (Å²) in [7, 11) is 0. The number of carbonyl (C=O) groups excluding carboxylic acids is 2. The van der Waals surface area contributed by atoms with Gasteiger partial charge in [0.2, 0.25) is 5.43 Å². The van der Waals surface area contributed by atoms with Crippen molar-refractivity contribution in [2.75, 3.05) is 6.54 Å².